The molecule has 0 aromatic heterocycles. The highest BCUT2D eigenvalue weighted by Crippen LogP contribution is 2.38. The van der Waals surface area contributed by atoms with Crippen LogP contribution < -0.4 is 14.8 Å². The molecule has 206 valence electrons. The van der Waals surface area contributed by atoms with Gasteiger partial charge in [-0.25, -0.2) is 0 Å². The van der Waals surface area contributed by atoms with Crippen molar-refractivity contribution in [2.75, 3.05) is 18.5 Å². The van der Waals surface area contributed by atoms with Crippen molar-refractivity contribution in [3.63, 3.8) is 0 Å². The summed E-state index contributed by atoms with van der Waals surface area (Å²) in [7, 11) is 0. The average Bonchev–Trinajstić information content (AvgIpc) is 3.18. The summed E-state index contributed by atoms with van der Waals surface area (Å²) in [6, 6.07) is 18.4. The lowest BCUT2D eigenvalue weighted by atomic mass is 10.0. The van der Waals surface area contributed by atoms with Gasteiger partial charge in [0.05, 0.1) is 16.5 Å². The third-order valence-corrected chi connectivity index (χ3v) is 7.86. The van der Waals surface area contributed by atoms with E-state index in [1.165, 1.54) is 0 Å². The van der Waals surface area contributed by atoms with Crippen molar-refractivity contribution in [3.05, 3.63) is 104 Å². The van der Waals surface area contributed by atoms with Crippen molar-refractivity contribution in [1.82, 2.24) is 4.90 Å². The summed E-state index contributed by atoms with van der Waals surface area (Å²) in [6.45, 7) is 6.07. The fraction of sp³-hybridized carbons (Fsp3) is 0.167. The summed E-state index contributed by atoms with van der Waals surface area (Å²) < 4.78 is 12.7. The SMILES string of the molecule is C=CCc1cc(/C=C2\SC(=O)N(CC(=O)Nc3ccc(Br)c(Cl)c3)C2=O)cc(OCC)c1OCc1ccccc1. The zero-order chi connectivity index (χ0) is 28.6. The van der Waals surface area contributed by atoms with E-state index in [1.807, 2.05) is 43.3 Å². The van der Waals surface area contributed by atoms with E-state index in [1.54, 1.807) is 36.4 Å². The molecule has 0 radical (unpaired) electrons. The maximum absolute atomic E-state index is 13.1. The third kappa shape index (κ3) is 7.35. The van der Waals surface area contributed by atoms with Crippen LogP contribution in [0.1, 0.15) is 23.6 Å². The number of anilines is 1. The lowest BCUT2D eigenvalue weighted by Crippen LogP contribution is -2.36. The topological polar surface area (TPSA) is 84.9 Å². The van der Waals surface area contributed by atoms with Crippen LogP contribution in [0.25, 0.3) is 6.08 Å². The van der Waals surface area contributed by atoms with Crippen molar-refractivity contribution in [2.24, 2.45) is 0 Å². The van der Waals surface area contributed by atoms with E-state index in [0.717, 1.165) is 27.8 Å². The summed E-state index contributed by atoms with van der Waals surface area (Å²) in [4.78, 5) is 39.4. The molecule has 40 heavy (non-hydrogen) atoms. The quantitative estimate of drug-likeness (QED) is 0.173. The number of benzene rings is 3. The number of thioether (sulfide) groups is 1. The summed E-state index contributed by atoms with van der Waals surface area (Å²) in [6.07, 6.45) is 3.89. The number of allylic oxidation sites excluding steroid dienone is 1. The molecular weight excluding hydrogens is 616 g/mol. The molecular formula is C30H26BrClN2O5S. The fourth-order valence-electron chi connectivity index (χ4n) is 3.94. The Morgan fingerprint density at radius 3 is 2.60 bits per heavy atom. The van der Waals surface area contributed by atoms with E-state index < -0.39 is 23.6 Å². The van der Waals surface area contributed by atoms with Gasteiger partial charge in [0.2, 0.25) is 5.91 Å². The van der Waals surface area contributed by atoms with Crippen molar-refractivity contribution in [2.45, 2.75) is 20.0 Å². The molecule has 7 nitrogen and oxygen atoms in total. The molecule has 4 rings (SSSR count). The maximum Gasteiger partial charge on any atom is 0.294 e. The summed E-state index contributed by atoms with van der Waals surface area (Å²) in [5.74, 6) is 0.0525. The second-order valence-corrected chi connectivity index (χ2v) is 10.9. The Morgan fingerprint density at radius 1 is 1.12 bits per heavy atom. The van der Waals surface area contributed by atoms with Crippen molar-refractivity contribution >= 4 is 68.1 Å². The first kappa shape index (κ1) is 29.5. The van der Waals surface area contributed by atoms with Gasteiger partial charge >= 0.3 is 0 Å². The molecule has 3 aromatic carbocycles. The van der Waals surface area contributed by atoms with E-state index in [4.69, 9.17) is 21.1 Å². The smallest absolute Gasteiger partial charge is 0.294 e. The molecule has 1 aliphatic rings. The number of nitrogens with zero attached hydrogens (tertiary/aromatic N) is 1. The van der Waals surface area contributed by atoms with Crippen molar-refractivity contribution < 1.29 is 23.9 Å². The Kier molecular flexibility index (Phi) is 10.1. The molecule has 0 aliphatic carbocycles. The molecule has 1 fully saturated rings. The van der Waals surface area contributed by atoms with Gasteiger partial charge in [-0.3, -0.25) is 19.3 Å². The summed E-state index contributed by atoms with van der Waals surface area (Å²) in [5.41, 5.74) is 2.95. The molecule has 1 aliphatic heterocycles. The molecule has 0 unspecified atom stereocenters. The first-order valence-corrected chi connectivity index (χ1v) is 14.4. The number of imide groups is 1. The molecule has 1 N–H and O–H groups in total. The van der Waals surface area contributed by atoms with Crippen LogP contribution in [0.2, 0.25) is 5.02 Å². The number of halogens is 2. The number of hydrogen-bond donors (Lipinski definition) is 1. The predicted molar refractivity (Wildman–Crippen MR) is 163 cm³/mol. The Labute approximate surface area is 250 Å². The summed E-state index contributed by atoms with van der Waals surface area (Å²) in [5, 5.41) is 2.55. The van der Waals surface area contributed by atoms with E-state index in [-0.39, 0.29) is 4.91 Å². The van der Waals surface area contributed by atoms with Crippen LogP contribution in [0.5, 0.6) is 11.5 Å². The number of carbonyl (C=O) groups is 3. The Bertz CT molecular complexity index is 1480. The lowest BCUT2D eigenvalue weighted by molar-refractivity contribution is -0.127. The molecule has 0 atom stereocenters. The van der Waals surface area contributed by atoms with Gasteiger partial charge in [-0.1, -0.05) is 48.0 Å². The summed E-state index contributed by atoms with van der Waals surface area (Å²) >= 11 is 10.1. The fourth-order valence-corrected chi connectivity index (χ4v) is 5.20. The van der Waals surface area contributed by atoms with Crippen LogP contribution in [0, 0.1) is 0 Å². The number of nitrogens with one attached hydrogen (secondary N) is 1. The molecule has 10 heteroatoms. The molecule has 0 saturated carbocycles. The molecule has 0 bridgehead atoms. The Balaban J connectivity index is 1.54. The monoisotopic (exact) mass is 640 g/mol. The first-order valence-electron chi connectivity index (χ1n) is 12.4. The third-order valence-electron chi connectivity index (χ3n) is 5.72. The standard InChI is InChI=1S/C30H26BrClN2O5S/c1-3-8-21-13-20(14-25(38-4-2)28(21)39-18-19-9-6-5-7-10-19)15-26-29(36)34(30(37)40-26)17-27(35)33-22-11-12-23(31)24(32)16-22/h3,5-7,9-16H,1,4,8,17-18H2,2H3,(H,33,35)/b26-15-. The Morgan fingerprint density at radius 2 is 1.90 bits per heavy atom. The molecule has 0 spiro atoms. The van der Waals surface area contributed by atoms with Crippen LogP contribution in [0.3, 0.4) is 0 Å². The number of amides is 3. The van der Waals surface area contributed by atoms with Crippen LogP contribution in [-0.4, -0.2) is 35.1 Å². The lowest BCUT2D eigenvalue weighted by Gasteiger charge is -2.17. The van der Waals surface area contributed by atoms with Crippen molar-refractivity contribution in [1.29, 1.82) is 0 Å². The van der Waals surface area contributed by atoms with Crippen LogP contribution >= 0.6 is 39.3 Å². The van der Waals surface area contributed by atoms with E-state index in [0.29, 0.717) is 51.9 Å². The zero-order valence-corrected chi connectivity index (χ0v) is 24.8. The van der Waals surface area contributed by atoms with Crippen LogP contribution in [-0.2, 0) is 22.6 Å². The zero-order valence-electron chi connectivity index (χ0n) is 21.6. The maximum atomic E-state index is 13.1. The van der Waals surface area contributed by atoms with Gasteiger partial charge < -0.3 is 14.8 Å². The molecule has 1 saturated heterocycles. The highest BCUT2D eigenvalue weighted by atomic mass is 79.9. The highest BCUT2D eigenvalue weighted by Gasteiger charge is 2.36. The van der Waals surface area contributed by atoms with Gasteiger partial charge in [-0.2, -0.15) is 0 Å². The minimum Gasteiger partial charge on any atom is -0.490 e. The van der Waals surface area contributed by atoms with E-state index in [2.05, 4.69) is 27.8 Å². The molecule has 3 amide bonds. The number of hydrogen-bond acceptors (Lipinski definition) is 6. The first-order chi connectivity index (χ1) is 19.3. The van der Waals surface area contributed by atoms with Crippen LogP contribution in [0.15, 0.2) is 82.7 Å². The number of rotatable bonds is 11. The average molecular weight is 642 g/mol. The van der Waals surface area contributed by atoms with Gasteiger partial charge in [0, 0.05) is 15.7 Å². The second kappa shape index (κ2) is 13.7. The van der Waals surface area contributed by atoms with Gasteiger partial charge in [0.15, 0.2) is 11.5 Å². The molecule has 1 heterocycles. The van der Waals surface area contributed by atoms with Crippen molar-refractivity contribution in [3.8, 4) is 11.5 Å². The van der Waals surface area contributed by atoms with Crippen LogP contribution in [0.4, 0.5) is 10.5 Å². The van der Waals surface area contributed by atoms with E-state index >= 15 is 0 Å². The van der Waals surface area contributed by atoms with Gasteiger partial charge in [-0.15, -0.1) is 6.58 Å². The minimum absolute atomic E-state index is 0.203. The number of carbonyl (C=O) groups excluding carboxylic acids is 3. The largest absolute Gasteiger partial charge is 0.490 e. The highest BCUT2D eigenvalue weighted by molar-refractivity contribution is 9.10. The second-order valence-electron chi connectivity index (χ2n) is 8.65. The minimum atomic E-state index is -0.549. The Hall–Kier alpha value is -3.53. The van der Waals surface area contributed by atoms with Gasteiger partial charge in [0.25, 0.3) is 11.1 Å². The van der Waals surface area contributed by atoms with Gasteiger partial charge in [0.1, 0.15) is 13.2 Å². The van der Waals surface area contributed by atoms with Gasteiger partial charge in [-0.05, 0) is 88.6 Å². The van der Waals surface area contributed by atoms with E-state index in [9.17, 15) is 14.4 Å². The predicted octanol–water partition coefficient (Wildman–Crippen LogP) is 7.48. The normalized spacial score (nSPS) is 14.0. The molecule has 3 aromatic rings. The number of ether oxygens (including phenoxy) is 2.